The average molecular weight is 290 g/mol. The van der Waals surface area contributed by atoms with Crippen LogP contribution in [0.4, 0.5) is 0 Å². The first-order chi connectivity index (χ1) is 9.64. The Morgan fingerprint density at radius 2 is 2.05 bits per heavy atom. The summed E-state index contributed by atoms with van der Waals surface area (Å²) < 4.78 is 1.95. The molecule has 3 rings (SSSR count). The molecule has 0 saturated heterocycles. The molecule has 2 bridgehead atoms. The lowest BCUT2D eigenvalue weighted by atomic mass is 9.69. The summed E-state index contributed by atoms with van der Waals surface area (Å²) in [5.74, 6) is 0.880. The zero-order valence-electron chi connectivity index (χ0n) is 14.4. The van der Waals surface area contributed by atoms with E-state index in [1.54, 1.807) is 0 Å². The molecule has 118 valence electrons. The second-order valence-electron chi connectivity index (χ2n) is 8.87. The molecule has 3 unspecified atom stereocenters. The molecule has 2 aliphatic carbocycles. The maximum Gasteiger partial charge on any atom is 0.0965 e. The summed E-state index contributed by atoms with van der Waals surface area (Å²) in [5, 5.41) is 12.3. The van der Waals surface area contributed by atoms with Gasteiger partial charge in [0.15, 0.2) is 0 Å². The highest BCUT2D eigenvalue weighted by molar-refractivity contribution is 5.13. The molecule has 0 aromatic carbocycles. The maximum atomic E-state index is 4.32. The van der Waals surface area contributed by atoms with Gasteiger partial charge >= 0.3 is 0 Å². The van der Waals surface area contributed by atoms with Crippen molar-refractivity contribution in [1.29, 1.82) is 0 Å². The highest BCUT2D eigenvalue weighted by Gasteiger charge is 2.60. The average Bonchev–Trinajstić information content (AvgIpc) is 2.97. The van der Waals surface area contributed by atoms with E-state index in [0.717, 1.165) is 18.2 Å². The lowest BCUT2D eigenvalue weighted by Crippen LogP contribution is -2.44. The van der Waals surface area contributed by atoms with Crippen molar-refractivity contribution < 1.29 is 0 Å². The minimum Gasteiger partial charge on any atom is -0.308 e. The summed E-state index contributed by atoms with van der Waals surface area (Å²) >= 11 is 0. The van der Waals surface area contributed by atoms with Crippen LogP contribution in [0, 0.1) is 16.7 Å². The predicted molar refractivity (Wildman–Crippen MR) is 84.9 cm³/mol. The molecule has 2 fully saturated rings. The van der Waals surface area contributed by atoms with Gasteiger partial charge < -0.3 is 5.32 Å². The predicted octanol–water partition coefficient (Wildman–Crippen LogP) is 3.34. The minimum atomic E-state index is 0.00560. The fourth-order valence-corrected chi connectivity index (χ4v) is 4.45. The van der Waals surface area contributed by atoms with E-state index in [-0.39, 0.29) is 5.54 Å². The highest BCUT2D eigenvalue weighted by Crippen LogP contribution is 2.65. The highest BCUT2D eigenvalue weighted by atomic mass is 15.4. The molecule has 4 nitrogen and oxygen atoms in total. The number of fused-ring (bicyclic) bond motifs is 2. The first-order valence-electron chi connectivity index (χ1n) is 8.30. The van der Waals surface area contributed by atoms with Crippen LogP contribution < -0.4 is 5.32 Å². The number of hydrogen-bond acceptors (Lipinski definition) is 3. The Labute approximate surface area is 128 Å². The third kappa shape index (κ3) is 2.23. The van der Waals surface area contributed by atoms with Crippen LogP contribution in [0.2, 0.25) is 0 Å². The molecular weight excluding hydrogens is 260 g/mol. The summed E-state index contributed by atoms with van der Waals surface area (Å²) in [6.45, 7) is 14.7. The monoisotopic (exact) mass is 290 g/mol. The van der Waals surface area contributed by atoms with Gasteiger partial charge in [0.05, 0.1) is 17.4 Å². The first-order valence-corrected chi connectivity index (χ1v) is 8.30. The van der Waals surface area contributed by atoms with E-state index in [0.29, 0.717) is 16.9 Å². The Kier molecular flexibility index (Phi) is 3.25. The minimum absolute atomic E-state index is 0.00560. The fourth-order valence-electron chi connectivity index (χ4n) is 4.45. The van der Waals surface area contributed by atoms with Crippen molar-refractivity contribution in [2.75, 3.05) is 0 Å². The number of nitrogens with zero attached hydrogens (tertiary/aromatic N) is 3. The third-order valence-corrected chi connectivity index (χ3v) is 6.55. The van der Waals surface area contributed by atoms with Crippen LogP contribution in [-0.2, 0) is 12.1 Å². The Morgan fingerprint density at radius 1 is 1.33 bits per heavy atom. The Balaban J connectivity index is 1.66. The van der Waals surface area contributed by atoms with Crippen LogP contribution in [-0.4, -0.2) is 21.0 Å². The van der Waals surface area contributed by atoms with Crippen LogP contribution in [0.3, 0.4) is 0 Å². The van der Waals surface area contributed by atoms with Gasteiger partial charge in [-0.25, -0.2) is 4.68 Å². The van der Waals surface area contributed by atoms with Crippen LogP contribution >= 0.6 is 0 Å². The van der Waals surface area contributed by atoms with Crippen molar-refractivity contribution in [3.63, 3.8) is 0 Å². The third-order valence-electron chi connectivity index (χ3n) is 6.55. The van der Waals surface area contributed by atoms with E-state index in [1.165, 1.54) is 19.3 Å². The van der Waals surface area contributed by atoms with Gasteiger partial charge in [-0.15, -0.1) is 5.10 Å². The smallest absolute Gasteiger partial charge is 0.0965 e. The molecule has 2 aliphatic rings. The van der Waals surface area contributed by atoms with Gasteiger partial charge in [-0.3, -0.25) is 0 Å². The Hall–Kier alpha value is -0.900. The lowest BCUT2D eigenvalue weighted by Gasteiger charge is -2.39. The van der Waals surface area contributed by atoms with E-state index < -0.39 is 0 Å². The first kappa shape index (κ1) is 15.0. The SMILES string of the molecule is CC(C)(C)n1cc(CNC2CC3CCC2(C)C3(C)C)nn1. The zero-order valence-corrected chi connectivity index (χ0v) is 14.4. The van der Waals surface area contributed by atoms with Crippen LogP contribution in [0.15, 0.2) is 6.20 Å². The molecule has 2 saturated carbocycles. The summed E-state index contributed by atoms with van der Waals surface area (Å²) in [4.78, 5) is 0. The van der Waals surface area contributed by atoms with Gasteiger partial charge in [0.2, 0.25) is 0 Å². The van der Waals surface area contributed by atoms with E-state index in [9.17, 15) is 0 Å². The maximum absolute atomic E-state index is 4.32. The fraction of sp³-hybridized carbons (Fsp3) is 0.882. The summed E-state index contributed by atoms with van der Waals surface area (Å²) in [6, 6.07) is 0.617. The van der Waals surface area contributed by atoms with E-state index in [1.807, 2.05) is 4.68 Å². The van der Waals surface area contributed by atoms with Crippen molar-refractivity contribution in [3.8, 4) is 0 Å². The number of hydrogen-bond donors (Lipinski definition) is 1. The topological polar surface area (TPSA) is 42.7 Å². The van der Waals surface area contributed by atoms with Gasteiger partial charge in [0.25, 0.3) is 0 Å². The second-order valence-corrected chi connectivity index (χ2v) is 8.87. The molecule has 1 aromatic rings. The Morgan fingerprint density at radius 3 is 2.52 bits per heavy atom. The number of nitrogens with one attached hydrogen (secondary N) is 1. The molecule has 3 atom stereocenters. The normalized spacial score (nSPS) is 34.6. The van der Waals surface area contributed by atoms with Crippen LogP contribution in [0.1, 0.15) is 66.5 Å². The molecule has 1 aromatic heterocycles. The molecular formula is C17H30N4. The van der Waals surface area contributed by atoms with Gasteiger partial charge in [-0.05, 0) is 56.8 Å². The molecule has 0 spiro atoms. The molecule has 4 heteroatoms. The van der Waals surface area contributed by atoms with Crippen molar-refractivity contribution in [2.24, 2.45) is 16.7 Å². The van der Waals surface area contributed by atoms with Crippen molar-refractivity contribution in [2.45, 2.75) is 78.9 Å². The summed E-state index contributed by atoms with van der Waals surface area (Å²) in [5.41, 5.74) is 1.95. The quantitative estimate of drug-likeness (QED) is 0.928. The van der Waals surface area contributed by atoms with E-state index in [2.05, 4.69) is 63.4 Å². The van der Waals surface area contributed by atoms with E-state index >= 15 is 0 Å². The molecule has 1 N–H and O–H groups in total. The van der Waals surface area contributed by atoms with E-state index in [4.69, 9.17) is 0 Å². The summed E-state index contributed by atoms with van der Waals surface area (Å²) in [6.07, 6.45) is 6.16. The molecule has 0 amide bonds. The molecule has 0 radical (unpaired) electrons. The molecule has 21 heavy (non-hydrogen) atoms. The van der Waals surface area contributed by atoms with Crippen LogP contribution in [0.25, 0.3) is 0 Å². The molecule has 0 aliphatic heterocycles. The molecule has 1 heterocycles. The van der Waals surface area contributed by atoms with Crippen molar-refractivity contribution >= 4 is 0 Å². The van der Waals surface area contributed by atoms with Gasteiger partial charge in [0, 0.05) is 12.6 Å². The zero-order chi connectivity index (χ0) is 15.5. The van der Waals surface area contributed by atoms with Crippen molar-refractivity contribution in [1.82, 2.24) is 20.3 Å². The largest absolute Gasteiger partial charge is 0.308 e. The second kappa shape index (κ2) is 4.55. The number of aromatic nitrogens is 3. The van der Waals surface area contributed by atoms with Crippen LogP contribution in [0.5, 0.6) is 0 Å². The van der Waals surface area contributed by atoms with Crippen molar-refractivity contribution in [3.05, 3.63) is 11.9 Å². The standard InChI is InChI=1S/C17H30N4/c1-15(2,3)21-11-13(19-20-21)10-18-14-9-12-7-8-17(14,6)16(12,4)5/h11-12,14,18H,7-10H2,1-6H3. The summed E-state index contributed by atoms with van der Waals surface area (Å²) in [7, 11) is 0. The van der Waals surface area contributed by atoms with Gasteiger partial charge in [0.1, 0.15) is 0 Å². The number of rotatable bonds is 3. The van der Waals surface area contributed by atoms with Gasteiger partial charge in [-0.2, -0.15) is 0 Å². The lowest BCUT2D eigenvalue weighted by molar-refractivity contribution is 0.120. The van der Waals surface area contributed by atoms with Gasteiger partial charge in [-0.1, -0.05) is 26.0 Å². The Bertz CT molecular complexity index is 525.